The van der Waals surface area contributed by atoms with E-state index in [4.69, 9.17) is 22.2 Å². The molecule has 1 aromatic rings. The van der Waals surface area contributed by atoms with E-state index in [1.807, 2.05) is 0 Å². The topological polar surface area (TPSA) is 56.3 Å². The van der Waals surface area contributed by atoms with E-state index >= 15 is 0 Å². The molecule has 2 atom stereocenters. The Hall–Kier alpha value is -1.63. The maximum Gasteiger partial charge on any atom is 0.232 e. The van der Waals surface area contributed by atoms with Crippen LogP contribution in [0.25, 0.3) is 0 Å². The minimum absolute atomic E-state index is 0.520. The van der Waals surface area contributed by atoms with Gasteiger partial charge in [-0.3, -0.25) is 0 Å². The molecule has 2 aliphatic heterocycles. The van der Waals surface area contributed by atoms with E-state index in [-0.39, 0.29) is 0 Å². The largest absolute Gasteiger partial charge is 0.360 e. The summed E-state index contributed by atoms with van der Waals surface area (Å²) in [5, 5.41) is 7.21. The quantitative estimate of drug-likeness (QED) is 0.765. The molecule has 3 aliphatic rings. The fourth-order valence-electron chi connectivity index (χ4n) is 4.17. The number of hydrogen-bond acceptors (Lipinski definition) is 5. The van der Waals surface area contributed by atoms with Crippen molar-refractivity contribution in [3.8, 4) is 0 Å². The molecule has 0 spiro atoms. The van der Waals surface area contributed by atoms with Gasteiger partial charge in [-0.05, 0) is 70.0 Å². The van der Waals surface area contributed by atoms with Crippen molar-refractivity contribution in [3.05, 3.63) is 6.07 Å². The second-order valence-electron chi connectivity index (χ2n) is 8.51. The summed E-state index contributed by atoms with van der Waals surface area (Å²) in [7, 11) is 0. The van der Waals surface area contributed by atoms with Gasteiger partial charge in [0.1, 0.15) is 11.6 Å². The van der Waals surface area contributed by atoms with Gasteiger partial charge in [0.15, 0.2) is 5.11 Å². The van der Waals surface area contributed by atoms with Gasteiger partial charge in [-0.15, -0.1) is 0 Å². The van der Waals surface area contributed by atoms with Crippen LogP contribution in [0.1, 0.15) is 58.8 Å². The van der Waals surface area contributed by atoms with Crippen LogP contribution >= 0.6 is 12.2 Å². The fourth-order valence-corrected chi connectivity index (χ4v) is 4.43. The van der Waals surface area contributed by atoms with Crippen LogP contribution in [0.2, 0.25) is 0 Å². The molecule has 0 aromatic carbocycles. The summed E-state index contributed by atoms with van der Waals surface area (Å²) in [5.41, 5.74) is 0. The third-order valence-corrected chi connectivity index (χ3v) is 6.14. The molecule has 0 radical (unpaired) electrons. The van der Waals surface area contributed by atoms with Crippen LogP contribution in [-0.2, 0) is 0 Å². The number of rotatable bonds is 4. The zero-order chi connectivity index (χ0) is 18.8. The van der Waals surface area contributed by atoms with Crippen LogP contribution in [0.4, 0.5) is 17.6 Å². The molecular formula is C20H32N6S. The summed E-state index contributed by atoms with van der Waals surface area (Å²) in [6.45, 7) is 7.83. The molecule has 6 nitrogen and oxygen atoms in total. The second-order valence-corrected chi connectivity index (χ2v) is 8.92. The summed E-state index contributed by atoms with van der Waals surface area (Å²) in [4.78, 5) is 14.5. The van der Waals surface area contributed by atoms with Crippen LogP contribution < -0.4 is 20.4 Å². The van der Waals surface area contributed by atoms with Crippen LogP contribution in [0.5, 0.6) is 0 Å². The molecule has 2 saturated heterocycles. The smallest absolute Gasteiger partial charge is 0.232 e. The SMILES string of the molecule is C[C@@H]1CCCN(c2cc(N3CCCC[C@H]3C)nc(NC(=S)NC3CC3)n2)C1. The van der Waals surface area contributed by atoms with Gasteiger partial charge in [0.2, 0.25) is 5.95 Å². The molecule has 1 saturated carbocycles. The van der Waals surface area contributed by atoms with E-state index in [1.54, 1.807) is 0 Å². The van der Waals surface area contributed by atoms with Crippen LogP contribution in [0.3, 0.4) is 0 Å². The fraction of sp³-hybridized carbons (Fsp3) is 0.750. The Morgan fingerprint density at radius 2 is 1.85 bits per heavy atom. The van der Waals surface area contributed by atoms with Crippen molar-refractivity contribution in [1.29, 1.82) is 0 Å². The highest BCUT2D eigenvalue weighted by molar-refractivity contribution is 7.80. The van der Waals surface area contributed by atoms with Gasteiger partial charge in [-0.1, -0.05) is 6.92 Å². The highest BCUT2D eigenvalue weighted by atomic mass is 32.1. The Bertz CT molecular complexity index is 676. The van der Waals surface area contributed by atoms with Gasteiger partial charge in [-0.25, -0.2) is 0 Å². The van der Waals surface area contributed by atoms with E-state index in [1.165, 1.54) is 44.9 Å². The first-order chi connectivity index (χ1) is 13.1. The third-order valence-electron chi connectivity index (χ3n) is 5.92. The highest BCUT2D eigenvalue weighted by Gasteiger charge is 2.25. The summed E-state index contributed by atoms with van der Waals surface area (Å²) in [6.07, 6.45) is 8.69. The number of nitrogens with zero attached hydrogens (tertiary/aromatic N) is 4. The molecule has 2 N–H and O–H groups in total. The van der Waals surface area contributed by atoms with Gasteiger partial charge < -0.3 is 20.4 Å². The van der Waals surface area contributed by atoms with E-state index in [0.717, 1.165) is 31.3 Å². The van der Waals surface area contributed by atoms with E-state index < -0.39 is 0 Å². The summed E-state index contributed by atoms with van der Waals surface area (Å²) >= 11 is 5.46. The van der Waals surface area contributed by atoms with Gasteiger partial charge in [0, 0.05) is 37.8 Å². The predicted octanol–water partition coefficient (Wildman–Crippen LogP) is 3.54. The van der Waals surface area contributed by atoms with Crippen LogP contribution in [-0.4, -0.2) is 46.8 Å². The molecule has 4 rings (SSSR count). The minimum atomic E-state index is 0.520. The lowest BCUT2D eigenvalue weighted by Crippen LogP contribution is -2.39. The normalized spacial score (nSPS) is 26.0. The Balaban J connectivity index is 1.59. The molecule has 1 aromatic heterocycles. The Morgan fingerprint density at radius 3 is 2.59 bits per heavy atom. The molecule has 27 heavy (non-hydrogen) atoms. The third kappa shape index (κ3) is 4.81. The number of anilines is 3. The maximum absolute atomic E-state index is 5.46. The maximum atomic E-state index is 5.46. The van der Waals surface area contributed by atoms with Gasteiger partial charge in [0.25, 0.3) is 0 Å². The molecule has 0 amide bonds. The van der Waals surface area contributed by atoms with E-state index in [9.17, 15) is 0 Å². The number of aromatic nitrogens is 2. The first-order valence-corrected chi connectivity index (χ1v) is 11.0. The first kappa shape index (κ1) is 18.7. The van der Waals surface area contributed by atoms with Crippen molar-refractivity contribution in [1.82, 2.24) is 15.3 Å². The Labute approximate surface area is 168 Å². The van der Waals surface area contributed by atoms with Crippen molar-refractivity contribution in [3.63, 3.8) is 0 Å². The van der Waals surface area contributed by atoms with E-state index in [0.29, 0.717) is 29.1 Å². The Morgan fingerprint density at radius 1 is 1.04 bits per heavy atom. The van der Waals surface area contributed by atoms with Crippen molar-refractivity contribution in [2.45, 2.75) is 70.9 Å². The summed E-state index contributed by atoms with van der Waals surface area (Å²) < 4.78 is 0. The molecule has 3 fully saturated rings. The predicted molar refractivity (Wildman–Crippen MR) is 116 cm³/mol. The van der Waals surface area contributed by atoms with E-state index in [2.05, 4.69) is 40.3 Å². The average Bonchev–Trinajstić information content (AvgIpc) is 3.45. The molecular weight excluding hydrogens is 356 g/mol. The molecule has 7 heteroatoms. The lowest BCUT2D eigenvalue weighted by atomic mass is 10.0. The molecule has 1 aliphatic carbocycles. The highest BCUT2D eigenvalue weighted by Crippen LogP contribution is 2.29. The molecule has 0 bridgehead atoms. The lowest BCUT2D eigenvalue weighted by molar-refractivity contribution is 0.444. The molecule has 3 heterocycles. The standard InChI is InChI=1S/C20H32N6S/c1-14-6-5-10-25(13-14)17-12-18(26-11-4-3-7-15(26)2)23-19(22-17)24-20(27)21-16-8-9-16/h12,14-16H,3-11,13H2,1-2H3,(H2,21,22,23,24,27)/t14-,15-/m1/s1. The Kier molecular flexibility index (Phi) is 5.66. The van der Waals surface area contributed by atoms with Crippen molar-refractivity contribution in [2.75, 3.05) is 34.8 Å². The second kappa shape index (κ2) is 8.17. The van der Waals surface area contributed by atoms with Gasteiger partial charge in [-0.2, -0.15) is 9.97 Å². The number of hydrogen-bond donors (Lipinski definition) is 2. The number of piperidine rings is 2. The summed E-state index contributed by atoms with van der Waals surface area (Å²) in [5.74, 6) is 3.39. The first-order valence-electron chi connectivity index (χ1n) is 10.6. The minimum Gasteiger partial charge on any atom is -0.360 e. The number of thiocarbonyl (C=S) groups is 1. The molecule has 0 unspecified atom stereocenters. The zero-order valence-electron chi connectivity index (χ0n) is 16.6. The zero-order valence-corrected chi connectivity index (χ0v) is 17.4. The number of nitrogens with one attached hydrogen (secondary N) is 2. The molecule has 148 valence electrons. The summed E-state index contributed by atoms with van der Waals surface area (Å²) in [6, 6.07) is 3.23. The monoisotopic (exact) mass is 388 g/mol. The van der Waals surface area contributed by atoms with Crippen LogP contribution in [0.15, 0.2) is 6.07 Å². The van der Waals surface area contributed by atoms with Gasteiger partial charge >= 0.3 is 0 Å². The lowest BCUT2D eigenvalue weighted by Gasteiger charge is -2.36. The van der Waals surface area contributed by atoms with Crippen molar-refractivity contribution >= 4 is 34.9 Å². The van der Waals surface area contributed by atoms with Crippen LogP contribution in [0, 0.1) is 5.92 Å². The van der Waals surface area contributed by atoms with Crippen molar-refractivity contribution < 1.29 is 0 Å². The average molecular weight is 389 g/mol. The van der Waals surface area contributed by atoms with Crippen molar-refractivity contribution in [2.24, 2.45) is 5.92 Å². The van der Waals surface area contributed by atoms with Gasteiger partial charge in [0.05, 0.1) is 0 Å².